The number of carbonyl (C=O) groups excluding carboxylic acids is 1. The third-order valence-corrected chi connectivity index (χ3v) is 8.89. The van der Waals surface area contributed by atoms with Gasteiger partial charge in [0, 0.05) is 17.7 Å². The van der Waals surface area contributed by atoms with E-state index < -0.39 is 12.2 Å². The number of benzene rings is 6. The van der Waals surface area contributed by atoms with E-state index in [9.17, 15) is 4.79 Å². The van der Waals surface area contributed by atoms with Crippen molar-refractivity contribution in [3.63, 3.8) is 0 Å². The maximum Gasteiger partial charge on any atom is 0.487 e. The smallest absolute Gasteiger partial charge is 0.487 e. The number of para-hydroxylation sites is 2. The van der Waals surface area contributed by atoms with Crippen molar-refractivity contribution >= 4 is 45.5 Å². The summed E-state index contributed by atoms with van der Waals surface area (Å²) in [4.78, 5) is 20.0. The number of ether oxygens (including phenoxy) is 1. The molecule has 0 N–H and O–H groups in total. The molecule has 6 heteroatoms. The van der Waals surface area contributed by atoms with E-state index in [0.29, 0.717) is 5.75 Å². The van der Waals surface area contributed by atoms with Crippen molar-refractivity contribution in [2.24, 2.45) is 0 Å². The molecule has 0 atom stereocenters. The molecule has 0 saturated carbocycles. The molecule has 7 aromatic rings. The molecule has 246 valence electrons. The number of amides is 1. The highest BCUT2D eigenvalue weighted by atomic mass is 16.7. The molecule has 0 fully saturated rings. The van der Waals surface area contributed by atoms with Crippen molar-refractivity contribution in [3.05, 3.63) is 206 Å². The van der Waals surface area contributed by atoms with Gasteiger partial charge in [0.2, 0.25) is 11.9 Å². The molecule has 0 unspecified atom stereocenters. The lowest BCUT2D eigenvalue weighted by Crippen LogP contribution is -2.74. The van der Waals surface area contributed by atoms with Crippen molar-refractivity contribution in [2.75, 3.05) is 12.0 Å². The predicted octanol–water partition coefficient (Wildman–Crippen LogP) is 6.74. The Kier molecular flexibility index (Phi) is 10.8. The van der Waals surface area contributed by atoms with Crippen molar-refractivity contribution < 1.29 is 19.1 Å². The minimum atomic E-state index is -1.22. The Labute approximate surface area is 294 Å². The van der Waals surface area contributed by atoms with Crippen molar-refractivity contribution in [3.8, 4) is 5.75 Å². The second-order valence-electron chi connectivity index (χ2n) is 11.9. The molecule has 0 radical (unpaired) electrons. The lowest BCUT2D eigenvalue weighted by atomic mass is 9.13. The molecule has 1 aromatic heterocycles. The highest BCUT2D eigenvalue weighted by Gasteiger charge is 2.31. The molecule has 0 saturated heterocycles. The number of aromatic nitrogens is 1. The monoisotopic (exact) mass is 654 g/mol. The molecule has 1 heterocycles. The van der Waals surface area contributed by atoms with Gasteiger partial charge >= 0.3 is 6.09 Å². The lowest BCUT2D eigenvalue weighted by molar-refractivity contribution is -0.872. The first-order valence-corrected chi connectivity index (χ1v) is 16.7. The second kappa shape index (κ2) is 16.1. The molecule has 0 aliphatic carbocycles. The van der Waals surface area contributed by atoms with Crippen LogP contribution in [-0.4, -0.2) is 19.3 Å². The molecule has 7 rings (SSSR count). The first-order chi connectivity index (χ1) is 24.6. The second-order valence-corrected chi connectivity index (χ2v) is 11.9. The molecule has 0 spiro atoms. The van der Waals surface area contributed by atoms with Gasteiger partial charge in [-0.15, -0.1) is 0 Å². The van der Waals surface area contributed by atoms with Crippen LogP contribution in [0.15, 0.2) is 200 Å². The Morgan fingerprint density at radius 2 is 0.860 bits per heavy atom. The standard InChI is InChI=1S/C24H20B.C20H19N2O3/c1-5-13-21(14-6-1)25(22-15-7-2-8-16-22,23-17-9-3-10-18-23)24-19-11-4-12-20-24;1-16-15-19(24-2)13-14-21(16)25-20(23)22(17-9-5-3-6-10-17)18-11-7-4-8-12-18/h1-20H;3-15H,1-2H3/q-1;+1. The van der Waals surface area contributed by atoms with E-state index in [1.165, 1.54) is 31.5 Å². The van der Waals surface area contributed by atoms with Crippen LogP contribution in [-0.2, 0) is 0 Å². The zero-order valence-electron chi connectivity index (χ0n) is 28.2. The van der Waals surface area contributed by atoms with E-state index in [2.05, 4.69) is 121 Å². The number of rotatable bonds is 8. The number of methoxy groups -OCH3 is 1. The van der Waals surface area contributed by atoms with Crippen LogP contribution < -0.4 is 41.1 Å². The van der Waals surface area contributed by atoms with Crippen LogP contribution >= 0.6 is 0 Å². The Morgan fingerprint density at radius 3 is 1.18 bits per heavy atom. The van der Waals surface area contributed by atoms with Crippen LogP contribution in [0.4, 0.5) is 16.2 Å². The van der Waals surface area contributed by atoms with E-state index >= 15 is 0 Å². The van der Waals surface area contributed by atoms with Crippen LogP contribution in [0.5, 0.6) is 5.75 Å². The van der Waals surface area contributed by atoms with Crippen LogP contribution in [0.1, 0.15) is 5.69 Å². The summed E-state index contributed by atoms with van der Waals surface area (Å²) in [5, 5.41) is 0. The van der Waals surface area contributed by atoms with Crippen molar-refractivity contribution in [1.82, 2.24) is 0 Å². The van der Waals surface area contributed by atoms with Gasteiger partial charge in [-0.05, 0) is 24.3 Å². The van der Waals surface area contributed by atoms with E-state index in [1.54, 1.807) is 25.4 Å². The quantitative estimate of drug-likeness (QED) is 0.135. The Balaban J connectivity index is 0.000000173. The normalized spacial score (nSPS) is 10.7. The molecule has 5 nitrogen and oxygen atoms in total. The fourth-order valence-electron chi connectivity index (χ4n) is 6.57. The van der Waals surface area contributed by atoms with Gasteiger partial charge in [0.25, 0.3) is 0 Å². The minimum Gasteiger partial charge on any atom is -0.496 e. The van der Waals surface area contributed by atoms with E-state index in [4.69, 9.17) is 9.57 Å². The molecular weight excluding hydrogens is 615 g/mol. The molecule has 6 aromatic carbocycles. The summed E-state index contributed by atoms with van der Waals surface area (Å²) < 4.78 is 6.60. The zero-order valence-corrected chi connectivity index (χ0v) is 28.2. The van der Waals surface area contributed by atoms with Gasteiger partial charge in [-0.1, -0.05) is 158 Å². The maximum atomic E-state index is 12.9. The van der Waals surface area contributed by atoms with Gasteiger partial charge in [-0.25, -0.2) is 9.69 Å². The summed E-state index contributed by atoms with van der Waals surface area (Å²) in [6.45, 7) is 1.84. The van der Waals surface area contributed by atoms with Crippen LogP contribution in [0.2, 0.25) is 0 Å². The first kappa shape index (κ1) is 33.5. The molecule has 50 heavy (non-hydrogen) atoms. The van der Waals surface area contributed by atoms with E-state index in [-0.39, 0.29) is 0 Å². The third-order valence-electron chi connectivity index (χ3n) is 8.89. The average Bonchev–Trinajstić information content (AvgIpc) is 3.19. The number of hydrogen-bond acceptors (Lipinski definition) is 3. The van der Waals surface area contributed by atoms with E-state index in [1.807, 2.05) is 67.6 Å². The van der Waals surface area contributed by atoms with Gasteiger partial charge in [0.15, 0.2) is 0 Å². The number of anilines is 2. The molecule has 0 aliphatic heterocycles. The fraction of sp³-hybridized carbons (Fsp3) is 0.0455. The molecule has 1 amide bonds. The average molecular weight is 655 g/mol. The van der Waals surface area contributed by atoms with Crippen molar-refractivity contribution in [1.29, 1.82) is 0 Å². The highest BCUT2D eigenvalue weighted by Crippen LogP contribution is 2.25. The fourth-order valence-corrected chi connectivity index (χ4v) is 6.57. The molecular formula is C44H39BN2O3. The van der Waals surface area contributed by atoms with Gasteiger partial charge in [0.05, 0.1) is 24.6 Å². The summed E-state index contributed by atoms with van der Waals surface area (Å²) in [6.07, 6.45) is -0.0666. The summed E-state index contributed by atoms with van der Waals surface area (Å²) >= 11 is 0. The molecule has 0 aliphatic rings. The first-order valence-electron chi connectivity index (χ1n) is 16.7. The van der Waals surface area contributed by atoms with Crippen LogP contribution in [0.25, 0.3) is 0 Å². The summed E-state index contributed by atoms with van der Waals surface area (Å²) in [6, 6.07) is 65.8. The van der Waals surface area contributed by atoms with Crippen molar-refractivity contribution in [2.45, 2.75) is 6.92 Å². The predicted molar refractivity (Wildman–Crippen MR) is 205 cm³/mol. The lowest BCUT2D eigenvalue weighted by Gasteiger charge is -2.44. The number of carbonyl (C=O) groups is 1. The number of hydrogen-bond donors (Lipinski definition) is 0. The largest absolute Gasteiger partial charge is 0.496 e. The third kappa shape index (κ3) is 7.35. The van der Waals surface area contributed by atoms with E-state index in [0.717, 1.165) is 17.1 Å². The summed E-state index contributed by atoms with van der Waals surface area (Å²) in [5.74, 6) is 0.702. The number of pyridine rings is 1. The van der Waals surface area contributed by atoms with Gasteiger partial charge in [-0.2, -0.15) is 26.7 Å². The number of nitrogens with zero attached hydrogens (tertiary/aromatic N) is 2. The number of aryl methyl sites for hydroxylation is 1. The molecule has 0 bridgehead atoms. The van der Waals surface area contributed by atoms with Gasteiger partial charge in [-0.3, -0.25) is 0 Å². The topological polar surface area (TPSA) is 42.6 Å². The minimum absolute atomic E-state index is 0.504. The maximum absolute atomic E-state index is 12.9. The highest BCUT2D eigenvalue weighted by molar-refractivity contribution is 7.19. The Hall–Kier alpha value is -6.40. The zero-order chi connectivity index (χ0) is 34.6. The Bertz CT molecular complexity index is 1880. The summed E-state index contributed by atoms with van der Waals surface area (Å²) in [5.41, 5.74) is 7.55. The van der Waals surface area contributed by atoms with Crippen LogP contribution in [0.3, 0.4) is 0 Å². The Morgan fingerprint density at radius 1 is 0.520 bits per heavy atom. The summed E-state index contributed by atoms with van der Waals surface area (Å²) in [7, 11) is 1.59. The van der Waals surface area contributed by atoms with Gasteiger partial charge in [0.1, 0.15) is 11.9 Å². The van der Waals surface area contributed by atoms with Crippen LogP contribution in [0, 0.1) is 6.92 Å². The van der Waals surface area contributed by atoms with Gasteiger partial charge < -0.3 is 4.74 Å². The SMILES string of the molecule is COc1cc[n+](OC(=O)N(c2ccccc2)c2ccccc2)c(C)c1.c1ccc([B-](c2ccccc2)(c2ccccc2)c2ccccc2)cc1.